The molecular weight excluding hydrogens is 306 g/mol. The molecule has 0 saturated carbocycles. The largest absolute Gasteiger partial charge is 0.398 e. The predicted octanol–water partition coefficient (Wildman–Crippen LogP) is 3.30. The lowest BCUT2D eigenvalue weighted by Crippen LogP contribution is -2.16. The Labute approximate surface area is 120 Å². The number of rotatable bonds is 2. The highest BCUT2D eigenvalue weighted by molar-refractivity contribution is 9.10. The molecule has 3 N–H and O–H groups in total. The zero-order chi connectivity index (χ0) is 14.0. The van der Waals surface area contributed by atoms with Crippen LogP contribution in [0.4, 0.5) is 11.5 Å². The van der Waals surface area contributed by atoms with Crippen LogP contribution < -0.4 is 11.1 Å². The van der Waals surface area contributed by atoms with E-state index in [1.807, 2.05) is 26.0 Å². The average molecular weight is 320 g/mol. The van der Waals surface area contributed by atoms with Gasteiger partial charge in [-0.1, -0.05) is 12.1 Å². The molecule has 98 valence electrons. The molecule has 4 nitrogen and oxygen atoms in total. The molecule has 2 aromatic rings. The van der Waals surface area contributed by atoms with Crippen molar-refractivity contribution >= 4 is 33.3 Å². The van der Waals surface area contributed by atoms with Gasteiger partial charge >= 0.3 is 0 Å². The molecule has 1 heterocycles. The van der Waals surface area contributed by atoms with Crippen molar-refractivity contribution in [1.29, 1.82) is 0 Å². The zero-order valence-corrected chi connectivity index (χ0v) is 12.3. The van der Waals surface area contributed by atoms with Crippen molar-refractivity contribution in [3.8, 4) is 0 Å². The van der Waals surface area contributed by atoms with Gasteiger partial charge in [0, 0.05) is 16.4 Å². The highest BCUT2D eigenvalue weighted by atomic mass is 79.9. The number of anilines is 2. The van der Waals surface area contributed by atoms with E-state index in [1.165, 1.54) is 0 Å². The summed E-state index contributed by atoms with van der Waals surface area (Å²) in [7, 11) is 0. The number of amides is 1. The van der Waals surface area contributed by atoms with E-state index in [0.717, 1.165) is 15.6 Å². The normalized spacial score (nSPS) is 10.3. The average Bonchev–Trinajstić information content (AvgIpc) is 2.33. The minimum Gasteiger partial charge on any atom is -0.398 e. The maximum Gasteiger partial charge on any atom is 0.259 e. The second kappa shape index (κ2) is 5.40. The number of hydrogen-bond acceptors (Lipinski definition) is 3. The zero-order valence-electron chi connectivity index (χ0n) is 10.7. The Balaban J connectivity index is 2.28. The minimum atomic E-state index is -0.246. The van der Waals surface area contributed by atoms with Crippen LogP contribution in [0.2, 0.25) is 0 Å². The van der Waals surface area contributed by atoms with Crippen molar-refractivity contribution in [2.45, 2.75) is 13.8 Å². The van der Waals surface area contributed by atoms with Crippen LogP contribution in [-0.4, -0.2) is 10.9 Å². The maximum absolute atomic E-state index is 12.2. The summed E-state index contributed by atoms with van der Waals surface area (Å²) in [5.74, 6) is 0.262. The summed E-state index contributed by atoms with van der Waals surface area (Å²) in [6, 6.07) is 7.19. The van der Waals surface area contributed by atoms with Gasteiger partial charge in [-0.2, -0.15) is 0 Å². The van der Waals surface area contributed by atoms with E-state index < -0.39 is 0 Å². The van der Waals surface area contributed by atoms with Gasteiger partial charge in [0.2, 0.25) is 0 Å². The molecule has 0 radical (unpaired) electrons. The summed E-state index contributed by atoms with van der Waals surface area (Å²) < 4.78 is 0.904. The highest BCUT2D eigenvalue weighted by Crippen LogP contribution is 2.20. The summed E-state index contributed by atoms with van der Waals surface area (Å²) in [6.45, 7) is 3.79. The van der Waals surface area contributed by atoms with E-state index in [4.69, 9.17) is 5.73 Å². The van der Waals surface area contributed by atoms with Crippen molar-refractivity contribution in [1.82, 2.24) is 4.98 Å². The monoisotopic (exact) mass is 319 g/mol. The summed E-state index contributed by atoms with van der Waals surface area (Å²) >= 11 is 3.37. The molecule has 1 aromatic heterocycles. The molecule has 0 fully saturated rings. The maximum atomic E-state index is 12.2. The van der Waals surface area contributed by atoms with Gasteiger partial charge in [0.05, 0.1) is 5.56 Å². The van der Waals surface area contributed by atoms with Crippen molar-refractivity contribution in [3.63, 3.8) is 0 Å². The molecule has 1 aromatic carbocycles. The number of aromatic nitrogens is 1. The van der Waals surface area contributed by atoms with Crippen LogP contribution in [0.25, 0.3) is 0 Å². The Morgan fingerprint density at radius 3 is 2.68 bits per heavy atom. The van der Waals surface area contributed by atoms with Gasteiger partial charge in [-0.05, 0) is 53.0 Å². The van der Waals surface area contributed by atoms with Crippen molar-refractivity contribution in [3.05, 3.63) is 51.6 Å². The van der Waals surface area contributed by atoms with Gasteiger partial charge in [-0.15, -0.1) is 0 Å². The molecule has 1 amide bonds. The van der Waals surface area contributed by atoms with Crippen molar-refractivity contribution in [2.24, 2.45) is 0 Å². The number of halogens is 1. The van der Waals surface area contributed by atoms with E-state index >= 15 is 0 Å². The second-order valence-electron chi connectivity index (χ2n) is 4.31. The lowest BCUT2D eigenvalue weighted by molar-refractivity contribution is 0.102. The van der Waals surface area contributed by atoms with Crippen LogP contribution in [0.15, 0.2) is 34.9 Å². The number of carbonyl (C=O) groups excluding carboxylic acids is 1. The minimum absolute atomic E-state index is 0.246. The fraction of sp³-hybridized carbons (Fsp3) is 0.143. The first kappa shape index (κ1) is 13.5. The topological polar surface area (TPSA) is 68.0 Å². The fourth-order valence-corrected chi connectivity index (χ4v) is 2.00. The quantitative estimate of drug-likeness (QED) is 0.834. The number of nitrogen functional groups attached to an aromatic ring is 1. The number of benzene rings is 1. The molecule has 0 aliphatic heterocycles. The molecule has 0 saturated heterocycles. The molecule has 19 heavy (non-hydrogen) atoms. The highest BCUT2D eigenvalue weighted by Gasteiger charge is 2.13. The van der Waals surface area contributed by atoms with Gasteiger partial charge in [0.15, 0.2) is 0 Å². The Kier molecular flexibility index (Phi) is 3.85. The summed E-state index contributed by atoms with van der Waals surface area (Å²) in [6.07, 6.45) is 1.66. The van der Waals surface area contributed by atoms with Gasteiger partial charge in [0.1, 0.15) is 5.82 Å². The number of pyridine rings is 1. The molecule has 2 rings (SSSR count). The SMILES string of the molecule is Cc1cc(NC(=O)c2c(C)cccc2N)ncc1Br. The number of hydrogen-bond donors (Lipinski definition) is 2. The summed E-state index contributed by atoms with van der Waals surface area (Å²) in [5, 5.41) is 2.76. The summed E-state index contributed by atoms with van der Waals surface area (Å²) in [4.78, 5) is 16.4. The first-order valence-electron chi connectivity index (χ1n) is 5.77. The van der Waals surface area contributed by atoms with Crippen LogP contribution in [0, 0.1) is 13.8 Å². The van der Waals surface area contributed by atoms with Crippen LogP contribution in [0.5, 0.6) is 0 Å². The van der Waals surface area contributed by atoms with Gasteiger partial charge < -0.3 is 11.1 Å². The van der Waals surface area contributed by atoms with Crippen LogP contribution in [0.1, 0.15) is 21.5 Å². The Bertz CT molecular complexity index is 620. The number of nitrogens with one attached hydrogen (secondary N) is 1. The van der Waals surface area contributed by atoms with E-state index in [2.05, 4.69) is 26.2 Å². The molecule has 0 unspecified atom stereocenters. The van der Waals surface area contributed by atoms with E-state index in [9.17, 15) is 4.79 Å². The van der Waals surface area contributed by atoms with Gasteiger partial charge in [-0.25, -0.2) is 4.98 Å². The number of nitrogens with zero attached hydrogens (tertiary/aromatic N) is 1. The van der Waals surface area contributed by atoms with Gasteiger partial charge in [-0.3, -0.25) is 4.79 Å². The van der Waals surface area contributed by atoms with Crippen LogP contribution >= 0.6 is 15.9 Å². The number of carbonyl (C=O) groups is 1. The van der Waals surface area contributed by atoms with E-state index in [-0.39, 0.29) is 5.91 Å². The van der Waals surface area contributed by atoms with Crippen molar-refractivity contribution in [2.75, 3.05) is 11.1 Å². The lowest BCUT2D eigenvalue weighted by atomic mass is 10.1. The third kappa shape index (κ3) is 2.93. The first-order valence-corrected chi connectivity index (χ1v) is 6.57. The Morgan fingerprint density at radius 2 is 2.05 bits per heavy atom. The van der Waals surface area contributed by atoms with Gasteiger partial charge in [0.25, 0.3) is 5.91 Å². The molecule has 0 atom stereocenters. The molecular formula is C14H14BrN3O. The van der Waals surface area contributed by atoms with Crippen LogP contribution in [-0.2, 0) is 0 Å². The molecule has 0 spiro atoms. The molecule has 0 aliphatic carbocycles. The standard InChI is InChI=1S/C14H14BrN3O/c1-8-4-3-5-11(16)13(8)14(19)18-12-6-9(2)10(15)7-17-12/h3-7H,16H2,1-2H3,(H,17,18,19). The third-order valence-electron chi connectivity index (χ3n) is 2.82. The predicted molar refractivity (Wildman–Crippen MR) is 80.2 cm³/mol. The Morgan fingerprint density at radius 1 is 1.32 bits per heavy atom. The fourth-order valence-electron chi connectivity index (χ4n) is 1.79. The number of aryl methyl sites for hydroxylation is 2. The lowest BCUT2D eigenvalue weighted by Gasteiger charge is -2.10. The first-order chi connectivity index (χ1) is 8.99. The molecule has 0 bridgehead atoms. The number of nitrogens with two attached hydrogens (primary N) is 1. The Hall–Kier alpha value is -1.88. The van der Waals surface area contributed by atoms with Crippen molar-refractivity contribution < 1.29 is 4.79 Å². The third-order valence-corrected chi connectivity index (χ3v) is 3.65. The summed E-state index contributed by atoms with van der Waals surface area (Å²) in [5.41, 5.74) is 8.64. The van der Waals surface area contributed by atoms with E-state index in [0.29, 0.717) is 17.1 Å². The smallest absolute Gasteiger partial charge is 0.259 e. The van der Waals surface area contributed by atoms with Crippen LogP contribution in [0.3, 0.4) is 0 Å². The molecule has 5 heteroatoms. The second-order valence-corrected chi connectivity index (χ2v) is 5.17. The molecule has 0 aliphatic rings. The van der Waals surface area contributed by atoms with E-state index in [1.54, 1.807) is 18.3 Å².